The Labute approximate surface area is 117 Å². The summed E-state index contributed by atoms with van der Waals surface area (Å²) in [6.45, 7) is 6.74. The number of aliphatic hydroxyl groups excluding tert-OH is 1. The van der Waals surface area contributed by atoms with Gasteiger partial charge in [0.15, 0.2) is 0 Å². The molecule has 0 amide bonds. The maximum atomic E-state index is 10.3. The summed E-state index contributed by atoms with van der Waals surface area (Å²) in [5, 5.41) is 14.8. The molecule has 1 aromatic rings. The van der Waals surface area contributed by atoms with Crippen LogP contribution in [0, 0.1) is 17.8 Å². The van der Waals surface area contributed by atoms with Crippen molar-refractivity contribution in [3.05, 3.63) is 17.5 Å². The largest absolute Gasteiger partial charge is 0.393 e. The molecule has 108 valence electrons. The van der Waals surface area contributed by atoms with Crippen molar-refractivity contribution in [2.45, 2.75) is 59.0 Å². The Morgan fingerprint density at radius 2 is 2.16 bits per heavy atom. The smallest absolute Gasteiger partial charge is 0.0624 e. The van der Waals surface area contributed by atoms with E-state index in [1.165, 1.54) is 12.1 Å². The van der Waals surface area contributed by atoms with Crippen LogP contribution in [0.1, 0.15) is 51.4 Å². The second-order valence-corrected chi connectivity index (χ2v) is 6.45. The Balaban J connectivity index is 2.05. The van der Waals surface area contributed by atoms with Gasteiger partial charge in [0.2, 0.25) is 0 Å². The molecule has 3 unspecified atom stereocenters. The summed E-state index contributed by atoms with van der Waals surface area (Å²) in [4.78, 5) is 0. The highest BCUT2D eigenvalue weighted by Crippen LogP contribution is 2.35. The lowest BCUT2D eigenvalue weighted by molar-refractivity contribution is 0.0370. The zero-order chi connectivity index (χ0) is 14.0. The summed E-state index contributed by atoms with van der Waals surface area (Å²) in [6.07, 6.45) is 5.12. The molecular weight excluding hydrogens is 236 g/mol. The Kier molecular flexibility index (Phi) is 4.67. The van der Waals surface area contributed by atoms with Gasteiger partial charge in [0, 0.05) is 12.7 Å². The zero-order valence-electron chi connectivity index (χ0n) is 12.8. The van der Waals surface area contributed by atoms with E-state index in [4.69, 9.17) is 0 Å². The lowest BCUT2D eigenvalue weighted by Crippen LogP contribution is -2.32. The van der Waals surface area contributed by atoms with E-state index >= 15 is 0 Å². The van der Waals surface area contributed by atoms with Gasteiger partial charge in [0.05, 0.1) is 11.8 Å². The van der Waals surface area contributed by atoms with Crippen LogP contribution >= 0.6 is 0 Å². The van der Waals surface area contributed by atoms with Crippen LogP contribution in [0.25, 0.3) is 0 Å². The molecule has 19 heavy (non-hydrogen) atoms. The second kappa shape index (κ2) is 6.08. The van der Waals surface area contributed by atoms with Gasteiger partial charge in [-0.15, -0.1) is 0 Å². The highest BCUT2D eigenvalue weighted by atomic mass is 16.3. The molecule has 1 saturated carbocycles. The molecule has 0 aromatic carbocycles. The minimum Gasteiger partial charge on any atom is -0.393 e. The molecule has 1 heterocycles. The zero-order valence-corrected chi connectivity index (χ0v) is 12.8. The summed E-state index contributed by atoms with van der Waals surface area (Å²) >= 11 is 0. The van der Waals surface area contributed by atoms with Gasteiger partial charge in [0.25, 0.3) is 0 Å². The molecule has 0 spiro atoms. The van der Waals surface area contributed by atoms with Crippen LogP contribution in [-0.2, 0) is 19.9 Å². The second-order valence-electron chi connectivity index (χ2n) is 6.45. The highest BCUT2D eigenvalue weighted by molar-refractivity contribution is 5.11. The van der Waals surface area contributed by atoms with Gasteiger partial charge in [-0.1, -0.05) is 20.8 Å². The fraction of sp³-hybridized carbons (Fsp3) is 0.812. The van der Waals surface area contributed by atoms with E-state index < -0.39 is 0 Å². The number of aliphatic hydroxyl groups is 1. The number of hydrogen-bond donors (Lipinski definition) is 1. The number of rotatable bonds is 4. The number of aryl methyl sites for hydroxylation is 2. The number of aromatic nitrogens is 2. The summed E-state index contributed by atoms with van der Waals surface area (Å²) < 4.78 is 1.99. The van der Waals surface area contributed by atoms with Crippen molar-refractivity contribution in [2.75, 3.05) is 0 Å². The molecule has 3 heteroatoms. The molecule has 1 aromatic heterocycles. The van der Waals surface area contributed by atoms with Crippen molar-refractivity contribution >= 4 is 0 Å². The van der Waals surface area contributed by atoms with Crippen LogP contribution in [0.2, 0.25) is 0 Å². The van der Waals surface area contributed by atoms with E-state index in [0.29, 0.717) is 5.92 Å². The van der Waals surface area contributed by atoms with Gasteiger partial charge >= 0.3 is 0 Å². The van der Waals surface area contributed by atoms with E-state index in [0.717, 1.165) is 43.2 Å². The quantitative estimate of drug-likeness (QED) is 0.908. The monoisotopic (exact) mass is 264 g/mol. The van der Waals surface area contributed by atoms with E-state index in [-0.39, 0.29) is 6.10 Å². The molecular formula is C16H28N2O. The van der Waals surface area contributed by atoms with Gasteiger partial charge in [-0.3, -0.25) is 4.68 Å². The first-order valence-corrected chi connectivity index (χ1v) is 7.71. The summed E-state index contributed by atoms with van der Waals surface area (Å²) in [6, 6.07) is 2.20. The van der Waals surface area contributed by atoms with Crippen molar-refractivity contribution in [2.24, 2.45) is 24.8 Å². The molecule has 1 aliphatic carbocycles. The van der Waals surface area contributed by atoms with E-state index in [1.54, 1.807) is 0 Å². The van der Waals surface area contributed by atoms with Gasteiger partial charge in [0.1, 0.15) is 0 Å². The van der Waals surface area contributed by atoms with Crippen LogP contribution in [0.4, 0.5) is 0 Å². The van der Waals surface area contributed by atoms with Crippen LogP contribution in [0.3, 0.4) is 0 Å². The van der Waals surface area contributed by atoms with E-state index in [2.05, 4.69) is 31.9 Å². The third-order valence-electron chi connectivity index (χ3n) is 4.79. The predicted octanol–water partition coefficient (Wildman–Crippen LogP) is 2.96. The molecule has 0 saturated heterocycles. The highest BCUT2D eigenvalue weighted by Gasteiger charge is 2.31. The molecule has 0 radical (unpaired) electrons. The molecule has 1 N–H and O–H groups in total. The minimum atomic E-state index is -0.130. The van der Waals surface area contributed by atoms with Crippen molar-refractivity contribution in [3.63, 3.8) is 0 Å². The lowest BCUT2D eigenvalue weighted by atomic mass is 9.73. The first-order chi connectivity index (χ1) is 9.01. The molecule has 3 nitrogen and oxygen atoms in total. The van der Waals surface area contributed by atoms with Crippen molar-refractivity contribution in [1.29, 1.82) is 0 Å². The maximum absolute atomic E-state index is 10.3. The fourth-order valence-electron chi connectivity index (χ4n) is 3.31. The Morgan fingerprint density at radius 3 is 2.74 bits per heavy atom. The molecule has 3 atom stereocenters. The minimum absolute atomic E-state index is 0.130. The van der Waals surface area contributed by atoms with Gasteiger partial charge < -0.3 is 5.11 Å². The van der Waals surface area contributed by atoms with Gasteiger partial charge in [-0.2, -0.15) is 5.10 Å². The van der Waals surface area contributed by atoms with E-state index in [9.17, 15) is 5.11 Å². The topological polar surface area (TPSA) is 38.0 Å². The van der Waals surface area contributed by atoms with Crippen molar-refractivity contribution < 1.29 is 5.11 Å². The molecule has 2 rings (SSSR count). The van der Waals surface area contributed by atoms with Crippen molar-refractivity contribution in [3.8, 4) is 0 Å². The summed E-state index contributed by atoms with van der Waals surface area (Å²) in [5.74, 6) is 1.90. The Bertz CT molecular complexity index is 411. The molecule has 1 aliphatic rings. The number of nitrogens with zero attached hydrogens (tertiary/aromatic N) is 2. The van der Waals surface area contributed by atoms with Crippen LogP contribution < -0.4 is 0 Å². The van der Waals surface area contributed by atoms with Crippen LogP contribution in [0.5, 0.6) is 0 Å². The van der Waals surface area contributed by atoms with Gasteiger partial charge in [-0.25, -0.2) is 0 Å². The lowest BCUT2D eigenvalue weighted by Gasteiger charge is -2.35. The summed E-state index contributed by atoms with van der Waals surface area (Å²) in [7, 11) is 2.02. The average Bonchev–Trinajstić information content (AvgIpc) is 2.72. The molecule has 0 bridgehead atoms. The normalized spacial score (nSPS) is 28.0. The van der Waals surface area contributed by atoms with Gasteiger partial charge in [-0.05, 0) is 55.9 Å². The fourth-order valence-corrected chi connectivity index (χ4v) is 3.31. The van der Waals surface area contributed by atoms with Crippen LogP contribution in [0.15, 0.2) is 6.07 Å². The maximum Gasteiger partial charge on any atom is 0.0624 e. The summed E-state index contributed by atoms with van der Waals surface area (Å²) in [5.41, 5.74) is 2.42. The Morgan fingerprint density at radius 1 is 1.42 bits per heavy atom. The standard InChI is InChI=1S/C16H28N2O/c1-5-14-10-15(18(4)17-14)9-13-8-12(11(2)3)6-7-16(13)19/h10-13,16,19H,5-9H2,1-4H3. The first-order valence-electron chi connectivity index (χ1n) is 7.71. The van der Waals surface area contributed by atoms with Crippen LogP contribution in [-0.4, -0.2) is 21.0 Å². The first kappa shape index (κ1) is 14.6. The third kappa shape index (κ3) is 3.38. The SMILES string of the molecule is CCc1cc(CC2CC(C(C)C)CCC2O)n(C)n1. The third-order valence-corrected chi connectivity index (χ3v) is 4.79. The Hall–Kier alpha value is -0.830. The van der Waals surface area contributed by atoms with Crippen molar-refractivity contribution in [1.82, 2.24) is 9.78 Å². The van der Waals surface area contributed by atoms with E-state index in [1.807, 2.05) is 11.7 Å². The molecule has 0 aliphatic heterocycles. The number of hydrogen-bond acceptors (Lipinski definition) is 2. The molecule has 1 fully saturated rings. The average molecular weight is 264 g/mol. The predicted molar refractivity (Wildman–Crippen MR) is 78.0 cm³/mol.